The predicted molar refractivity (Wildman–Crippen MR) is 80.6 cm³/mol. The summed E-state index contributed by atoms with van der Waals surface area (Å²) in [6, 6.07) is 1.81. The van der Waals surface area contributed by atoms with E-state index in [9.17, 15) is 4.79 Å². The molecule has 4 nitrogen and oxygen atoms in total. The second-order valence-corrected chi connectivity index (χ2v) is 5.10. The molecule has 0 saturated heterocycles. The second kappa shape index (κ2) is 8.69. The molecule has 0 bridgehead atoms. The number of thiophene rings is 1. The van der Waals surface area contributed by atoms with Gasteiger partial charge in [0.2, 0.25) is 0 Å². The predicted octanol–water partition coefficient (Wildman–Crippen LogP) is 3.75. The lowest BCUT2D eigenvalue weighted by atomic mass is 10.2. The van der Waals surface area contributed by atoms with Crippen LogP contribution in [0.2, 0.25) is 0 Å². The van der Waals surface area contributed by atoms with Crippen molar-refractivity contribution in [2.75, 3.05) is 13.7 Å². The highest BCUT2D eigenvalue weighted by atomic mass is 32.1. The first-order chi connectivity index (χ1) is 9.22. The van der Waals surface area contributed by atoms with Gasteiger partial charge >= 0.3 is 0 Å². The van der Waals surface area contributed by atoms with E-state index >= 15 is 0 Å². The number of methoxy groups -OCH3 is 1. The molecule has 0 spiro atoms. The van der Waals surface area contributed by atoms with Gasteiger partial charge < -0.3 is 10.1 Å². The van der Waals surface area contributed by atoms with E-state index in [4.69, 9.17) is 4.74 Å². The van der Waals surface area contributed by atoms with Gasteiger partial charge in [-0.1, -0.05) is 20.3 Å². The molecule has 0 unspecified atom stereocenters. The van der Waals surface area contributed by atoms with Gasteiger partial charge in [0.05, 0.1) is 12.7 Å². The number of ether oxygens (including phenoxy) is 1. The smallest absolute Gasteiger partial charge is 0.254 e. The van der Waals surface area contributed by atoms with Crippen molar-refractivity contribution in [2.24, 2.45) is 4.99 Å². The van der Waals surface area contributed by atoms with Crippen LogP contribution in [0.25, 0.3) is 0 Å². The van der Waals surface area contributed by atoms with E-state index < -0.39 is 0 Å². The van der Waals surface area contributed by atoms with Gasteiger partial charge in [-0.3, -0.25) is 4.79 Å². The molecule has 1 aromatic heterocycles. The van der Waals surface area contributed by atoms with Gasteiger partial charge in [-0.15, -0.1) is 11.3 Å². The molecule has 1 N–H and O–H groups in total. The Bertz CT molecular complexity index is 427. The van der Waals surface area contributed by atoms with E-state index in [0.717, 1.165) is 30.7 Å². The molecule has 5 heteroatoms. The number of carbonyl (C=O) groups excluding carboxylic acids is 1. The van der Waals surface area contributed by atoms with Crippen molar-refractivity contribution in [1.29, 1.82) is 0 Å². The van der Waals surface area contributed by atoms with Gasteiger partial charge in [0.25, 0.3) is 5.91 Å². The highest BCUT2D eigenvalue weighted by Gasteiger charge is 2.12. The van der Waals surface area contributed by atoms with E-state index in [1.165, 1.54) is 11.3 Å². The lowest BCUT2D eigenvalue weighted by Crippen LogP contribution is -2.23. The van der Waals surface area contributed by atoms with Crippen LogP contribution in [0.4, 0.5) is 5.00 Å². The zero-order valence-corrected chi connectivity index (χ0v) is 12.7. The molecule has 1 heterocycles. The molecule has 106 valence electrons. The van der Waals surface area contributed by atoms with E-state index in [0.29, 0.717) is 18.0 Å². The minimum Gasteiger partial charge on any atom is -0.484 e. The van der Waals surface area contributed by atoms with Crippen molar-refractivity contribution in [3.8, 4) is 0 Å². The summed E-state index contributed by atoms with van der Waals surface area (Å²) < 4.78 is 5.27. The van der Waals surface area contributed by atoms with Crippen LogP contribution < -0.4 is 5.32 Å². The average Bonchev–Trinajstić information content (AvgIpc) is 2.88. The van der Waals surface area contributed by atoms with Gasteiger partial charge in [-0.05, 0) is 24.3 Å². The number of amides is 1. The SMILES string of the molecule is CCCCC(=Nc1sccc1C(=O)NCCC)OC. The number of rotatable bonds is 7. The lowest BCUT2D eigenvalue weighted by molar-refractivity contribution is 0.0955. The summed E-state index contributed by atoms with van der Waals surface area (Å²) in [6.07, 6.45) is 3.86. The molecular formula is C14H22N2O2S. The average molecular weight is 282 g/mol. The van der Waals surface area contributed by atoms with Crippen LogP contribution in [0.3, 0.4) is 0 Å². The molecule has 0 radical (unpaired) electrons. The first-order valence-corrected chi connectivity index (χ1v) is 7.58. The van der Waals surface area contributed by atoms with Crippen molar-refractivity contribution in [3.05, 3.63) is 17.0 Å². The summed E-state index contributed by atoms with van der Waals surface area (Å²) in [4.78, 5) is 16.4. The topological polar surface area (TPSA) is 50.7 Å². The van der Waals surface area contributed by atoms with Crippen LogP contribution in [0, 0.1) is 0 Å². The highest BCUT2D eigenvalue weighted by molar-refractivity contribution is 7.14. The Labute approximate surface area is 118 Å². The normalized spacial score (nSPS) is 11.4. The summed E-state index contributed by atoms with van der Waals surface area (Å²) in [7, 11) is 1.62. The molecule has 0 atom stereocenters. The zero-order valence-electron chi connectivity index (χ0n) is 11.9. The minimum atomic E-state index is -0.0622. The maximum atomic E-state index is 12.0. The van der Waals surface area contributed by atoms with Crippen LogP contribution in [-0.2, 0) is 4.74 Å². The maximum absolute atomic E-state index is 12.0. The number of aliphatic imine (C=N–C) groups is 1. The fourth-order valence-electron chi connectivity index (χ4n) is 1.54. The van der Waals surface area contributed by atoms with Crippen LogP contribution in [0.15, 0.2) is 16.4 Å². The third-order valence-electron chi connectivity index (χ3n) is 2.63. The van der Waals surface area contributed by atoms with Gasteiger partial charge in [0, 0.05) is 13.0 Å². The number of carbonyl (C=O) groups is 1. The second-order valence-electron chi connectivity index (χ2n) is 4.21. The molecule has 0 aliphatic carbocycles. The highest BCUT2D eigenvalue weighted by Crippen LogP contribution is 2.27. The number of hydrogen-bond donors (Lipinski definition) is 1. The van der Waals surface area contributed by atoms with E-state index in [2.05, 4.69) is 17.2 Å². The Hall–Kier alpha value is -1.36. The van der Waals surface area contributed by atoms with Gasteiger partial charge in [-0.25, -0.2) is 4.99 Å². The van der Waals surface area contributed by atoms with Gasteiger partial charge in [-0.2, -0.15) is 0 Å². The maximum Gasteiger partial charge on any atom is 0.254 e. The molecule has 19 heavy (non-hydrogen) atoms. The standard InChI is InChI=1S/C14H22N2O2S/c1-4-6-7-12(18-3)16-14-11(8-10-19-14)13(17)15-9-5-2/h8,10H,4-7,9H2,1-3H3,(H,15,17). The fraction of sp³-hybridized carbons (Fsp3) is 0.571. The third-order valence-corrected chi connectivity index (χ3v) is 3.44. The molecular weight excluding hydrogens is 260 g/mol. The first-order valence-electron chi connectivity index (χ1n) is 6.70. The van der Waals surface area contributed by atoms with Crippen LogP contribution in [-0.4, -0.2) is 25.5 Å². The summed E-state index contributed by atoms with van der Waals surface area (Å²) in [6.45, 7) is 4.84. The van der Waals surface area contributed by atoms with Crippen molar-refractivity contribution in [3.63, 3.8) is 0 Å². The van der Waals surface area contributed by atoms with Gasteiger partial charge in [0.15, 0.2) is 5.90 Å². The van der Waals surface area contributed by atoms with Crippen molar-refractivity contribution in [1.82, 2.24) is 5.32 Å². The molecule has 1 amide bonds. The zero-order chi connectivity index (χ0) is 14.1. The van der Waals surface area contributed by atoms with Crippen LogP contribution in [0.1, 0.15) is 49.9 Å². The Balaban J connectivity index is 2.80. The molecule has 0 fully saturated rings. The number of nitrogens with one attached hydrogen (secondary N) is 1. The van der Waals surface area contributed by atoms with Crippen molar-refractivity contribution < 1.29 is 9.53 Å². The lowest BCUT2D eigenvalue weighted by Gasteiger charge is -2.05. The Morgan fingerprint density at radius 1 is 1.42 bits per heavy atom. The summed E-state index contributed by atoms with van der Waals surface area (Å²) in [5.41, 5.74) is 0.629. The number of hydrogen-bond acceptors (Lipinski definition) is 4. The summed E-state index contributed by atoms with van der Waals surface area (Å²) in [5.74, 6) is 0.627. The molecule has 1 rings (SSSR count). The van der Waals surface area contributed by atoms with Gasteiger partial charge in [0.1, 0.15) is 5.00 Å². The van der Waals surface area contributed by atoms with Crippen molar-refractivity contribution >= 4 is 28.1 Å². The monoisotopic (exact) mass is 282 g/mol. The molecule has 0 aliphatic heterocycles. The fourth-order valence-corrected chi connectivity index (χ4v) is 2.31. The van der Waals surface area contributed by atoms with Crippen molar-refractivity contribution in [2.45, 2.75) is 39.5 Å². The van der Waals surface area contributed by atoms with E-state index in [1.807, 2.05) is 18.4 Å². The number of nitrogens with zero attached hydrogens (tertiary/aromatic N) is 1. The molecule has 1 aromatic rings. The molecule has 0 aliphatic rings. The molecule has 0 aromatic carbocycles. The summed E-state index contributed by atoms with van der Waals surface area (Å²) in [5, 5.41) is 5.47. The minimum absolute atomic E-state index is 0.0622. The van der Waals surface area contributed by atoms with E-state index in [1.54, 1.807) is 7.11 Å². The van der Waals surface area contributed by atoms with Crippen LogP contribution >= 0.6 is 11.3 Å². The third kappa shape index (κ3) is 5.03. The number of unbranched alkanes of at least 4 members (excludes halogenated alkanes) is 1. The Morgan fingerprint density at radius 3 is 2.84 bits per heavy atom. The van der Waals surface area contributed by atoms with Crippen LogP contribution in [0.5, 0.6) is 0 Å². The molecule has 0 saturated carbocycles. The Kier molecular flexibility index (Phi) is 7.18. The summed E-state index contributed by atoms with van der Waals surface area (Å²) >= 11 is 1.46. The largest absolute Gasteiger partial charge is 0.484 e. The first kappa shape index (κ1) is 15.7. The Morgan fingerprint density at radius 2 is 2.21 bits per heavy atom. The van der Waals surface area contributed by atoms with E-state index in [-0.39, 0.29) is 5.91 Å². The quantitative estimate of drug-likeness (QED) is 0.611.